The quantitative estimate of drug-likeness (QED) is 0.554. The highest BCUT2D eigenvalue weighted by Crippen LogP contribution is 2.69. The largest absolute Gasteiger partial charge is 0.294 e. The van der Waals surface area contributed by atoms with Gasteiger partial charge in [-0.05, 0) is 37.2 Å². The standard InChI is InChI=1S/C12H16O/c1-11-6-5-10(13)12(11,2)9-4-3-8(11)7-9/h5-6,8-9H,3-4,7H2,1-2H3/t8-,9+,11+,12+/m1/s1. The molecule has 2 fully saturated rings. The van der Waals surface area contributed by atoms with Crippen LogP contribution in [0.1, 0.15) is 33.1 Å². The molecule has 1 heteroatoms. The summed E-state index contributed by atoms with van der Waals surface area (Å²) in [4.78, 5) is 11.9. The minimum atomic E-state index is -0.0318. The summed E-state index contributed by atoms with van der Waals surface area (Å²) in [6.07, 6.45) is 7.95. The van der Waals surface area contributed by atoms with Crippen molar-refractivity contribution in [2.45, 2.75) is 33.1 Å². The molecule has 0 aromatic heterocycles. The molecule has 0 radical (unpaired) electrons. The van der Waals surface area contributed by atoms with Gasteiger partial charge in [-0.3, -0.25) is 4.79 Å². The van der Waals surface area contributed by atoms with Crippen LogP contribution in [0.5, 0.6) is 0 Å². The number of carbonyl (C=O) groups is 1. The molecular weight excluding hydrogens is 160 g/mol. The second kappa shape index (κ2) is 1.92. The minimum Gasteiger partial charge on any atom is -0.294 e. The number of fused-ring (bicyclic) bond motifs is 5. The Labute approximate surface area is 79.2 Å². The lowest BCUT2D eigenvalue weighted by Crippen LogP contribution is -2.42. The van der Waals surface area contributed by atoms with Gasteiger partial charge in [0, 0.05) is 10.8 Å². The zero-order valence-electron chi connectivity index (χ0n) is 8.34. The van der Waals surface area contributed by atoms with Gasteiger partial charge < -0.3 is 0 Å². The van der Waals surface area contributed by atoms with Crippen LogP contribution >= 0.6 is 0 Å². The number of allylic oxidation sites excluding steroid dienone is 2. The predicted octanol–water partition coefficient (Wildman–Crippen LogP) is 2.57. The van der Waals surface area contributed by atoms with Crippen LogP contribution in [0, 0.1) is 22.7 Å². The molecule has 0 heterocycles. The average molecular weight is 176 g/mol. The van der Waals surface area contributed by atoms with E-state index in [0.717, 1.165) is 5.92 Å². The SMILES string of the molecule is C[C@@]12C=CC(=O)[C@]1(C)[C@H]1CC[C@@H]2C1. The van der Waals surface area contributed by atoms with Crippen molar-refractivity contribution in [3.63, 3.8) is 0 Å². The van der Waals surface area contributed by atoms with Gasteiger partial charge in [0.2, 0.25) is 0 Å². The number of carbonyl (C=O) groups excluding carboxylic acids is 1. The molecule has 0 N–H and O–H groups in total. The molecule has 2 bridgehead atoms. The number of rotatable bonds is 0. The Bertz CT molecular complexity index is 317. The first-order valence-corrected chi connectivity index (χ1v) is 5.33. The predicted molar refractivity (Wildman–Crippen MR) is 51.2 cm³/mol. The fourth-order valence-electron chi connectivity index (χ4n) is 4.11. The summed E-state index contributed by atoms with van der Waals surface area (Å²) >= 11 is 0. The highest BCUT2D eigenvalue weighted by atomic mass is 16.1. The van der Waals surface area contributed by atoms with Gasteiger partial charge in [-0.1, -0.05) is 19.9 Å². The summed E-state index contributed by atoms with van der Waals surface area (Å²) in [5.74, 6) is 1.84. The maximum atomic E-state index is 11.9. The van der Waals surface area contributed by atoms with E-state index in [-0.39, 0.29) is 10.8 Å². The van der Waals surface area contributed by atoms with Crippen molar-refractivity contribution < 1.29 is 4.79 Å². The van der Waals surface area contributed by atoms with Crippen LogP contribution in [0.2, 0.25) is 0 Å². The average Bonchev–Trinajstić information content (AvgIpc) is 2.70. The van der Waals surface area contributed by atoms with Crippen molar-refractivity contribution in [3.05, 3.63) is 12.2 Å². The molecule has 13 heavy (non-hydrogen) atoms. The Morgan fingerprint density at radius 3 is 2.69 bits per heavy atom. The second-order valence-corrected chi connectivity index (χ2v) is 5.39. The lowest BCUT2D eigenvalue weighted by atomic mass is 9.59. The summed E-state index contributed by atoms with van der Waals surface area (Å²) in [7, 11) is 0. The monoisotopic (exact) mass is 176 g/mol. The number of hydrogen-bond acceptors (Lipinski definition) is 1. The summed E-state index contributed by atoms with van der Waals surface area (Å²) in [6.45, 7) is 4.48. The summed E-state index contributed by atoms with van der Waals surface area (Å²) in [5, 5.41) is 0. The third-order valence-electron chi connectivity index (χ3n) is 5.31. The van der Waals surface area contributed by atoms with Crippen molar-refractivity contribution >= 4 is 5.78 Å². The van der Waals surface area contributed by atoms with E-state index in [1.54, 1.807) is 0 Å². The molecule has 0 spiro atoms. The van der Waals surface area contributed by atoms with E-state index in [9.17, 15) is 4.79 Å². The fraction of sp³-hybridized carbons (Fsp3) is 0.750. The third kappa shape index (κ3) is 0.589. The van der Waals surface area contributed by atoms with Crippen molar-refractivity contribution in [1.29, 1.82) is 0 Å². The molecular formula is C12H16O. The van der Waals surface area contributed by atoms with E-state index < -0.39 is 0 Å². The van der Waals surface area contributed by atoms with Crippen LogP contribution in [0.4, 0.5) is 0 Å². The van der Waals surface area contributed by atoms with Crippen LogP contribution < -0.4 is 0 Å². The summed E-state index contributed by atoms with van der Waals surface area (Å²) in [6, 6.07) is 0. The van der Waals surface area contributed by atoms with E-state index >= 15 is 0 Å². The smallest absolute Gasteiger partial charge is 0.162 e. The van der Waals surface area contributed by atoms with Gasteiger partial charge in [-0.2, -0.15) is 0 Å². The second-order valence-electron chi connectivity index (χ2n) is 5.39. The lowest BCUT2D eigenvalue weighted by Gasteiger charge is -2.43. The van der Waals surface area contributed by atoms with Gasteiger partial charge in [-0.15, -0.1) is 0 Å². The Morgan fingerprint density at radius 1 is 1.31 bits per heavy atom. The first-order chi connectivity index (χ1) is 6.09. The minimum absolute atomic E-state index is 0.0318. The molecule has 3 aliphatic carbocycles. The zero-order valence-corrected chi connectivity index (χ0v) is 8.34. The van der Waals surface area contributed by atoms with Crippen molar-refractivity contribution in [3.8, 4) is 0 Å². The van der Waals surface area contributed by atoms with Crippen molar-refractivity contribution in [2.75, 3.05) is 0 Å². The highest BCUT2D eigenvalue weighted by molar-refractivity contribution is 5.99. The van der Waals surface area contributed by atoms with E-state index in [4.69, 9.17) is 0 Å². The van der Waals surface area contributed by atoms with Crippen molar-refractivity contribution in [2.24, 2.45) is 22.7 Å². The van der Waals surface area contributed by atoms with Gasteiger partial charge in [0.1, 0.15) is 0 Å². The molecule has 0 aromatic rings. The van der Waals surface area contributed by atoms with Crippen LogP contribution in [-0.4, -0.2) is 5.78 Å². The van der Waals surface area contributed by atoms with E-state index in [2.05, 4.69) is 19.9 Å². The maximum absolute atomic E-state index is 11.9. The van der Waals surface area contributed by atoms with Gasteiger partial charge in [-0.25, -0.2) is 0 Å². The molecule has 2 saturated carbocycles. The molecule has 0 saturated heterocycles. The Morgan fingerprint density at radius 2 is 2.00 bits per heavy atom. The first kappa shape index (κ1) is 7.78. The topological polar surface area (TPSA) is 17.1 Å². The normalized spacial score (nSPS) is 57.5. The molecule has 0 unspecified atom stereocenters. The first-order valence-electron chi connectivity index (χ1n) is 5.33. The van der Waals surface area contributed by atoms with Gasteiger partial charge in [0.15, 0.2) is 5.78 Å². The molecule has 0 aliphatic heterocycles. The van der Waals surface area contributed by atoms with Gasteiger partial charge in [0.05, 0.1) is 0 Å². The molecule has 3 rings (SSSR count). The molecule has 1 nitrogen and oxygen atoms in total. The molecule has 70 valence electrons. The van der Waals surface area contributed by atoms with Crippen LogP contribution in [0.25, 0.3) is 0 Å². The molecule has 4 atom stereocenters. The van der Waals surface area contributed by atoms with E-state index in [0.29, 0.717) is 11.7 Å². The van der Waals surface area contributed by atoms with Crippen LogP contribution in [0.3, 0.4) is 0 Å². The Kier molecular flexibility index (Phi) is 1.15. The Balaban J connectivity index is 2.19. The van der Waals surface area contributed by atoms with Gasteiger partial charge in [0.25, 0.3) is 0 Å². The fourth-order valence-corrected chi connectivity index (χ4v) is 4.11. The molecule has 0 amide bonds. The lowest BCUT2D eigenvalue weighted by molar-refractivity contribution is -0.129. The maximum Gasteiger partial charge on any atom is 0.162 e. The zero-order chi connectivity index (χ0) is 9.27. The van der Waals surface area contributed by atoms with Crippen LogP contribution in [0.15, 0.2) is 12.2 Å². The van der Waals surface area contributed by atoms with E-state index in [1.165, 1.54) is 19.3 Å². The van der Waals surface area contributed by atoms with E-state index in [1.807, 2.05) is 6.08 Å². The van der Waals surface area contributed by atoms with Crippen LogP contribution in [-0.2, 0) is 4.79 Å². The summed E-state index contributed by atoms with van der Waals surface area (Å²) in [5.41, 5.74) is 0.170. The molecule has 3 aliphatic rings. The summed E-state index contributed by atoms with van der Waals surface area (Å²) < 4.78 is 0. The Hall–Kier alpha value is -0.590. The molecule has 0 aromatic carbocycles. The third-order valence-corrected chi connectivity index (χ3v) is 5.31. The number of hydrogen-bond donors (Lipinski definition) is 0. The highest BCUT2D eigenvalue weighted by Gasteiger charge is 2.66. The number of ketones is 1. The van der Waals surface area contributed by atoms with Crippen molar-refractivity contribution in [1.82, 2.24) is 0 Å². The van der Waals surface area contributed by atoms with Gasteiger partial charge >= 0.3 is 0 Å².